The van der Waals surface area contributed by atoms with Gasteiger partial charge in [0, 0.05) is 12.8 Å². The number of carbonyl (C=O) groups is 1. The average molecular weight is 475 g/mol. The summed E-state index contributed by atoms with van der Waals surface area (Å²) in [7, 11) is 0. The molecule has 1 aromatic rings. The highest BCUT2D eigenvalue weighted by Crippen LogP contribution is 2.40. The topological polar surface area (TPSA) is 76.0 Å². The maximum absolute atomic E-state index is 11.6. The molecule has 0 spiro atoms. The van der Waals surface area contributed by atoms with E-state index in [-0.39, 0.29) is 48.3 Å². The summed E-state index contributed by atoms with van der Waals surface area (Å²) in [5.74, 6) is 0.218. The van der Waals surface area contributed by atoms with Crippen LogP contribution in [0.2, 0.25) is 0 Å². The Morgan fingerprint density at radius 3 is 2.47 bits per heavy atom. The van der Waals surface area contributed by atoms with Crippen LogP contribution >= 0.6 is 0 Å². The van der Waals surface area contributed by atoms with Crippen LogP contribution in [0, 0.1) is 11.8 Å². The SMILES string of the molecule is CC(C)OC(=O)CCC/C=C\C[C@H]1C(O)C[C@@H](OC(C)C)[C@@H]1CC[C@@H](O)CCc1ccccc1. The van der Waals surface area contributed by atoms with Crippen LogP contribution in [0.5, 0.6) is 0 Å². The lowest BCUT2D eigenvalue weighted by Crippen LogP contribution is -2.27. The molecule has 2 N–H and O–H groups in total. The van der Waals surface area contributed by atoms with Crippen molar-refractivity contribution < 1.29 is 24.5 Å². The molecule has 5 nitrogen and oxygen atoms in total. The molecular weight excluding hydrogens is 428 g/mol. The highest BCUT2D eigenvalue weighted by atomic mass is 16.5. The number of ether oxygens (including phenoxy) is 2. The van der Waals surface area contributed by atoms with Crippen molar-refractivity contribution in [3.05, 3.63) is 48.0 Å². The van der Waals surface area contributed by atoms with Gasteiger partial charge in [-0.25, -0.2) is 0 Å². The second-order valence-electron chi connectivity index (χ2n) is 10.2. The van der Waals surface area contributed by atoms with E-state index in [0.29, 0.717) is 12.8 Å². The maximum Gasteiger partial charge on any atom is 0.306 e. The van der Waals surface area contributed by atoms with Crippen molar-refractivity contribution >= 4 is 5.97 Å². The summed E-state index contributed by atoms with van der Waals surface area (Å²) in [6.07, 6.45) is 10.3. The van der Waals surface area contributed by atoms with E-state index in [0.717, 1.165) is 44.9 Å². The fourth-order valence-electron chi connectivity index (χ4n) is 4.95. The quantitative estimate of drug-likeness (QED) is 0.196. The number of rotatable bonds is 15. The van der Waals surface area contributed by atoms with Crippen LogP contribution in [-0.2, 0) is 20.7 Å². The summed E-state index contributed by atoms with van der Waals surface area (Å²) in [5, 5.41) is 21.4. The normalized spacial score (nSPS) is 23.8. The molecule has 1 aliphatic rings. The van der Waals surface area contributed by atoms with Gasteiger partial charge in [-0.1, -0.05) is 42.5 Å². The molecule has 192 valence electrons. The van der Waals surface area contributed by atoms with Gasteiger partial charge in [-0.3, -0.25) is 4.79 Å². The fraction of sp³-hybridized carbons (Fsp3) is 0.690. The number of carbonyl (C=O) groups excluding carboxylic acids is 1. The first-order valence-electron chi connectivity index (χ1n) is 13.2. The minimum atomic E-state index is -0.388. The van der Waals surface area contributed by atoms with Gasteiger partial charge in [-0.2, -0.15) is 0 Å². The van der Waals surface area contributed by atoms with Crippen LogP contribution in [-0.4, -0.2) is 46.7 Å². The first kappa shape index (κ1) is 28.5. The molecule has 34 heavy (non-hydrogen) atoms. The van der Waals surface area contributed by atoms with Crippen LogP contribution in [0.25, 0.3) is 0 Å². The number of aliphatic hydroxyl groups excluding tert-OH is 2. The van der Waals surface area contributed by atoms with Crippen LogP contribution in [0.1, 0.15) is 84.6 Å². The molecule has 1 saturated carbocycles. The Balaban J connectivity index is 1.83. The van der Waals surface area contributed by atoms with Gasteiger partial charge in [0.05, 0.1) is 30.5 Å². The van der Waals surface area contributed by atoms with Gasteiger partial charge in [0.25, 0.3) is 0 Å². The average Bonchev–Trinajstić information content (AvgIpc) is 3.06. The van der Waals surface area contributed by atoms with Crippen LogP contribution in [0.15, 0.2) is 42.5 Å². The molecule has 2 rings (SSSR count). The Labute approximate surface area is 206 Å². The van der Waals surface area contributed by atoms with Crippen molar-refractivity contribution in [1.29, 1.82) is 0 Å². The number of hydrogen-bond acceptors (Lipinski definition) is 5. The van der Waals surface area contributed by atoms with E-state index >= 15 is 0 Å². The van der Waals surface area contributed by atoms with Gasteiger partial charge < -0.3 is 19.7 Å². The molecule has 1 fully saturated rings. The van der Waals surface area contributed by atoms with E-state index < -0.39 is 0 Å². The highest BCUT2D eigenvalue weighted by Gasteiger charge is 2.42. The molecule has 0 aliphatic heterocycles. The zero-order valence-corrected chi connectivity index (χ0v) is 21.6. The third kappa shape index (κ3) is 10.7. The van der Waals surface area contributed by atoms with E-state index in [4.69, 9.17) is 9.47 Å². The number of aryl methyl sites for hydroxylation is 1. The highest BCUT2D eigenvalue weighted by molar-refractivity contribution is 5.69. The molecule has 1 aliphatic carbocycles. The lowest BCUT2D eigenvalue weighted by Gasteiger charge is -2.27. The summed E-state index contributed by atoms with van der Waals surface area (Å²) in [6, 6.07) is 10.3. The van der Waals surface area contributed by atoms with Crippen molar-refractivity contribution in [2.24, 2.45) is 11.8 Å². The predicted octanol–water partition coefficient (Wildman–Crippen LogP) is 5.62. The second-order valence-corrected chi connectivity index (χ2v) is 10.2. The van der Waals surface area contributed by atoms with Gasteiger partial charge in [0.2, 0.25) is 0 Å². The molecule has 0 bridgehead atoms. The van der Waals surface area contributed by atoms with Crippen molar-refractivity contribution in [2.45, 2.75) is 116 Å². The molecular formula is C29H46O5. The number of hydrogen-bond donors (Lipinski definition) is 2. The molecule has 1 unspecified atom stereocenters. The van der Waals surface area contributed by atoms with Gasteiger partial charge in [0.15, 0.2) is 0 Å². The molecule has 0 amide bonds. The maximum atomic E-state index is 11.6. The van der Waals surface area contributed by atoms with Gasteiger partial charge in [0.1, 0.15) is 0 Å². The molecule has 0 aromatic heterocycles. The van der Waals surface area contributed by atoms with E-state index in [1.807, 2.05) is 45.9 Å². The Hall–Kier alpha value is -1.69. The van der Waals surface area contributed by atoms with Crippen LogP contribution in [0.3, 0.4) is 0 Å². The van der Waals surface area contributed by atoms with Gasteiger partial charge in [-0.05, 0) is 90.0 Å². The predicted molar refractivity (Wildman–Crippen MR) is 136 cm³/mol. The molecule has 0 saturated heterocycles. The van der Waals surface area contributed by atoms with E-state index in [2.05, 4.69) is 24.3 Å². The summed E-state index contributed by atoms with van der Waals surface area (Å²) < 4.78 is 11.3. The molecule has 5 heteroatoms. The second kappa shape index (κ2) is 15.3. The van der Waals surface area contributed by atoms with Crippen LogP contribution < -0.4 is 0 Å². The molecule has 0 heterocycles. The Morgan fingerprint density at radius 1 is 1.06 bits per heavy atom. The third-order valence-corrected chi connectivity index (χ3v) is 6.58. The number of unbranched alkanes of at least 4 members (excludes halogenated alkanes) is 1. The Kier molecular flexibility index (Phi) is 12.9. The van der Waals surface area contributed by atoms with Crippen molar-refractivity contribution in [2.75, 3.05) is 0 Å². The summed E-state index contributed by atoms with van der Waals surface area (Å²) in [6.45, 7) is 7.80. The largest absolute Gasteiger partial charge is 0.463 e. The lowest BCUT2D eigenvalue weighted by molar-refractivity contribution is -0.147. The summed E-state index contributed by atoms with van der Waals surface area (Å²) >= 11 is 0. The van der Waals surface area contributed by atoms with Crippen molar-refractivity contribution in [1.82, 2.24) is 0 Å². The smallest absolute Gasteiger partial charge is 0.306 e. The molecule has 5 atom stereocenters. The summed E-state index contributed by atoms with van der Waals surface area (Å²) in [4.78, 5) is 11.6. The zero-order valence-electron chi connectivity index (χ0n) is 21.6. The number of benzene rings is 1. The van der Waals surface area contributed by atoms with E-state index in [9.17, 15) is 15.0 Å². The summed E-state index contributed by atoms with van der Waals surface area (Å²) in [5.41, 5.74) is 1.25. The first-order chi connectivity index (χ1) is 16.3. The van der Waals surface area contributed by atoms with Crippen molar-refractivity contribution in [3.63, 3.8) is 0 Å². The molecule has 1 aromatic carbocycles. The standard InChI is InChI=1S/C29H46O5/c1-21(2)33-28-20-27(31)25(14-10-5-6-11-15-29(32)34-22(3)4)26(28)19-18-24(30)17-16-23-12-8-7-9-13-23/h5,7-10,12-13,21-22,24-28,30-31H,6,11,14-20H2,1-4H3/b10-5-/t24-,25+,26+,27?,28+/m0/s1. The van der Waals surface area contributed by atoms with Gasteiger partial charge >= 0.3 is 5.97 Å². The molecule has 0 radical (unpaired) electrons. The number of esters is 1. The monoisotopic (exact) mass is 474 g/mol. The third-order valence-electron chi connectivity index (χ3n) is 6.58. The van der Waals surface area contributed by atoms with E-state index in [1.54, 1.807) is 0 Å². The van der Waals surface area contributed by atoms with Gasteiger partial charge in [-0.15, -0.1) is 0 Å². The number of aliphatic hydroxyl groups is 2. The fourth-order valence-corrected chi connectivity index (χ4v) is 4.95. The minimum Gasteiger partial charge on any atom is -0.463 e. The Morgan fingerprint density at radius 2 is 1.79 bits per heavy atom. The number of allylic oxidation sites excluding steroid dienone is 2. The zero-order chi connectivity index (χ0) is 24.9. The van der Waals surface area contributed by atoms with E-state index in [1.165, 1.54) is 5.56 Å². The van der Waals surface area contributed by atoms with Crippen molar-refractivity contribution in [3.8, 4) is 0 Å². The van der Waals surface area contributed by atoms with Crippen LogP contribution in [0.4, 0.5) is 0 Å². The minimum absolute atomic E-state index is 0.0283. The Bertz CT molecular complexity index is 714. The lowest BCUT2D eigenvalue weighted by atomic mass is 9.85. The first-order valence-corrected chi connectivity index (χ1v) is 13.2.